The normalized spacial score (nSPS) is 12.7. The number of nitrogens with two attached hydrogens (primary N) is 1. The highest BCUT2D eigenvalue weighted by atomic mass is 15.0. The number of rotatable bonds is 3. The Balaban J connectivity index is 2.11. The van der Waals surface area contributed by atoms with E-state index in [1.807, 2.05) is 24.0 Å². The van der Waals surface area contributed by atoms with E-state index >= 15 is 0 Å². The van der Waals surface area contributed by atoms with E-state index in [0.717, 1.165) is 6.54 Å². The number of aromatic nitrogens is 2. The highest BCUT2D eigenvalue weighted by Crippen LogP contribution is 2.11. The number of hydrogen-bond donors (Lipinski definition) is 1. The second kappa shape index (κ2) is 4.28. The summed E-state index contributed by atoms with van der Waals surface area (Å²) in [7, 11) is 0. The Labute approximate surface area is 89.6 Å². The highest BCUT2D eigenvalue weighted by molar-refractivity contribution is 5.24. The van der Waals surface area contributed by atoms with Crippen LogP contribution in [0, 0.1) is 0 Å². The van der Waals surface area contributed by atoms with E-state index < -0.39 is 0 Å². The average molecular weight is 201 g/mol. The van der Waals surface area contributed by atoms with Crippen molar-refractivity contribution in [1.82, 2.24) is 9.55 Å². The van der Waals surface area contributed by atoms with E-state index in [9.17, 15) is 0 Å². The molecule has 2 aromatic rings. The molecule has 1 aromatic heterocycles. The van der Waals surface area contributed by atoms with E-state index in [1.165, 1.54) is 11.1 Å². The lowest BCUT2D eigenvalue weighted by molar-refractivity contribution is 0.789. The summed E-state index contributed by atoms with van der Waals surface area (Å²) in [6.07, 6.45) is 5.56. The molecule has 15 heavy (non-hydrogen) atoms. The maximum absolute atomic E-state index is 5.78. The molecule has 0 aliphatic heterocycles. The minimum absolute atomic E-state index is 0.104. The lowest BCUT2D eigenvalue weighted by atomic mass is 10.1. The van der Waals surface area contributed by atoms with Gasteiger partial charge in [-0.05, 0) is 18.1 Å². The predicted molar refractivity (Wildman–Crippen MR) is 60.4 cm³/mol. The summed E-state index contributed by atoms with van der Waals surface area (Å²) in [5.41, 5.74) is 8.22. The first-order valence-electron chi connectivity index (χ1n) is 5.06. The van der Waals surface area contributed by atoms with E-state index in [4.69, 9.17) is 5.73 Å². The SMILES string of the molecule is C[C@H](N)c1ccc(Cn2ccnc2)cc1. The fourth-order valence-electron chi connectivity index (χ4n) is 1.52. The van der Waals surface area contributed by atoms with Gasteiger partial charge in [0.2, 0.25) is 0 Å². The Hall–Kier alpha value is -1.61. The summed E-state index contributed by atoms with van der Waals surface area (Å²) in [4.78, 5) is 4.01. The van der Waals surface area contributed by atoms with E-state index in [2.05, 4.69) is 29.2 Å². The predicted octanol–water partition coefficient (Wildman–Crippen LogP) is 1.95. The van der Waals surface area contributed by atoms with Gasteiger partial charge in [-0.3, -0.25) is 0 Å². The number of benzene rings is 1. The van der Waals surface area contributed by atoms with Crippen LogP contribution in [0.15, 0.2) is 43.0 Å². The summed E-state index contributed by atoms with van der Waals surface area (Å²) >= 11 is 0. The minimum Gasteiger partial charge on any atom is -0.333 e. The molecule has 0 spiro atoms. The van der Waals surface area contributed by atoms with Crippen molar-refractivity contribution in [3.63, 3.8) is 0 Å². The van der Waals surface area contributed by atoms with Gasteiger partial charge in [-0.1, -0.05) is 24.3 Å². The summed E-state index contributed by atoms with van der Waals surface area (Å²) in [6, 6.07) is 8.48. The zero-order valence-corrected chi connectivity index (χ0v) is 8.80. The van der Waals surface area contributed by atoms with Crippen LogP contribution in [-0.4, -0.2) is 9.55 Å². The van der Waals surface area contributed by atoms with Crippen molar-refractivity contribution in [2.75, 3.05) is 0 Å². The zero-order valence-electron chi connectivity index (χ0n) is 8.80. The Bertz CT molecular complexity index is 401. The van der Waals surface area contributed by atoms with Gasteiger partial charge in [0.25, 0.3) is 0 Å². The fraction of sp³-hybridized carbons (Fsp3) is 0.250. The monoisotopic (exact) mass is 201 g/mol. The van der Waals surface area contributed by atoms with Crippen LogP contribution < -0.4 is 5.73 Å². The molecule has 78 valence electrons. The molecule has 1 atom stereocenters. The minimum atomic E-state index is 0.104. The molecule has 0 fully saturated rings. The third-order valence-corrected chi connectivity index (χ3v) is 2.43. The molecule has 0 saturated heterocycles. The molecule has 1 aromatic carbocycles. The molecule has 1 heterocycles. The molecule has 0 amide bonds. The van der Waals surface area contributed by atoms with Crippen LogP contribution in [0.1, 0.15) is 24.1 Å². The quantitative estimate of drug-likeness (QED) is 0.824. The van der Waals surface area contributed by atoms with Gasteiger partial charge in [0.1, 0.15) is 0 Å². The molecule has 2 N–H and O–H groups in total. The van der Waals surface area contributed by atoms with Crippen LogP contribution in [0.2, 0.25) is 0 Å². The number of nitrogens with zero attached hydrogens (tertiary/aromatic N) is 2. The van der Waals surface area contributed by atoms with Gasteiger partial charge >= 0.3 is 0 Å². The summed E-state index contributed by atoms with van der Waals surface area (Å²) in [5, 5.41) is 0. The first-order valence-corrected chi connectivity index (χ1v) is 5.06. The van der Waals surface area contributed by atoms with Gasteiger partial charge in [0.05, 0.1) is 6.33 Å². The Morgan fingerprint density at radius 1 is 1.33 bits per heavy atom. The summed E-state index contributed by atoms with van der Waals surface area (Å²) in [5.74, 6) is 0. The van der Waals surface area contributed by atoms with Gasteiger partial charge in [-0.2, -0.15) is 0 Å². The van der Waals surface area contributed by atoms with Crippen LogP contribution in [0.25, 0.3) is 0 Å². The average Bonchev–Trinajstić information content (AvgIpc) is 2.71. The van der Waals surface area contributed by atoms with Gasteiger partial charge in [0.15, 0.2) is 0 Å². The molecule has 0 aliphatic carbocycles. The highest BCUT2D eigenvalue weighted by Gasteiger charge is 1.99. The lowest BCUT2D eigenvalue weighted by Gasteiger charge is -2.07. The van der Waals surface area contributed by atoms with Gasteiger partial charge in [-0.25, -0.2) is 4.98 Å². The van der Waals surface area contributed by atoms with Crippen LogP contribution in [0.3, 0.4) is 0 Å². The molecule has 0 unspecified atom stereocenters. The van der Waals surface area contributed by atoms with Crippen LogP contribution in [0.4, 0.5) is 0 Å². The second-order valence-corrected chi connectivity index (χ2v) is 3.77. The molecule has 0 aliphatic rings. The Kier molecular flexibility index (Phi) is 2.83. The van der Waals surface area contributed by atoms with Crippen LogP contribution in [-0.2, 0) is 6.54 Å². The third-order valence-electron chi connectivity index (χ3n) is 2.43. The van der Waals surface area contributed by atoms with E-state index in [-0.39, 0.29) is 6.04 Å². The third kappa shape index (κ3) is 2.44. The summed E-state index contributed by atoms with van der Waals surface area (Å²) < 4.78 is 2.04. The van der Waals surface area contributed by atoms with Crippen molar-refractivity contribution in [1.29, 1.82) is 0 Å². The Morgan fingerprint density at radius 2 is 2.07 bits per heavy atom. The maximum Gasteiger partial charge on any atom is 0.0949 e. The molecule has 3 heteroatoms. The standard InChI is InChI=1S/C12H15N3/c1-10(13)12-4-2-11(3-5-12)8-15-7-6-14-9-15/h2-7,9-10H,8,13H2,1H3/t10-/m0/s1. The molecule has 0 saturated carbocycles. The molecule has 0 bridgehead atoms. The van der Waals surface area contributed by atoms with Crippen molar-refractivity contribution in [3.05, 3.63) is 54.1 Å². The van der Waals surface area contributed by atoms with Crippen molar-refractivity contribution < 1.29 is 0 Å². The zero-order chi connectivity index (χ0) is 10.7. The maximum atomic E-state index is 5.78. The largest absolute Gasteiger partial charge is 0.333 e. The second-order valence-electron chi connectivity index (χ2n) is 3.77. The lowest BCUT2D eigenvalue weighted by Crippen LogP contribution is -2.05. The van der Waals surface area contributed by atoms with E-state index in [1.54, 1.807) is 6.20 Å². The number of hydrogen-bond acceptors (Lipinski definition) is 2. The van der Waals surface area contributed by atoms with Crippen LogP contribution >= 0.6 is 0 Å². The molecule has 2 rings (SSSR count). The van der Waals surface area contributed by atoms with Crippen molar-refractivity contribution in [2.24, 2.45) is 5.73 Å². The first-order chi connectivity index (χ1) is 7.25. The smallest absolute Gasteiger partial charge is 0.0949 e. The van der Waals surface area contributed by atoms with Crippen molar-refractivity contribution in [3.8, 4) is 0 Å². The van der Waals surface area contributed by atoms with Gasteiger partial charge < -0.3 is 10.3 Å². The molecular weight excluding hydrogens is 186 g/mol. The molecule has 0 radical (unpaired) electrons. The van der Waals surface area contributed by atoms with Gasteiger partial charge in [-0.15, -0.1) is 0 Å². The fourth-order valence-corrected chi connectivity index (χ4v) is 1.52. The van der Waals surface area contributed by atoms with Crippen LogP contribution in [0.5, 0.6) is 0 Å². The van der Waals surface area contributed by atoms with E-state index in [0.29, 0.717) is 0 Å². The molecule has 3 nitrogen and oxygen atoms in total. The molecular formula is C12H15N3. The Morgan fingerprint density at radius 3 is 2.60 bits per heavy atom. The number of imidazole rings is 1. The summed E-state index contributed by atoms with van der Waals surface area (Å²) in [6.45, 7) is 2.85. The van der Waals surface area contributed by atoms with Crippen molar-refractivity contribution in [2.45, 2.75) is 19.5 Å². The van der Waals surface area contributed by atoms with Gasteiger partial charge in [0, 0.05) is 25.0 Å². The first kappa shape index (κ1) is 9.93. The topological polar surface area (TPSA) is 43.8 Å². The van der Waals surface area contributed by atoms with Crippen molar-refractivity contribution >= 4 is 0 Å².